The zero-order chi connectivity index (χ0) is 14.7. The number of benzene rings is 1. The molecule has 1 N–H and O–H groups in total. The minimum atomic E-state index is -0.938. The van der Waals surface area contributed by atoms with Crippen molar-refractivity contribution < 1.29 is 14.7 Å². The van der Waals surface area contributed by atoms with Crippen molar-refractivity contribution in [2.45, 2.75) is 23.1 Å². The van der Waals surface area contributed by atoms with Gasteiger partial charge >= 0.3 is 5.97 Å². The molecule has 2 unspecified atom stereocenters. The summed E-state index contributed by atoms with van der Waals surface area (Å²) in [5.41, 5.74) is 0. The lowest BCUT2D eigenvalue weighted by atomic mass is 10.3. The molecule has 0 bridgehead atoms. The highest BCUT2D eigenvalue weighted by Crippen LogP contribution is 2.29. The minimum absolute atomic E-state index is 0.137. The Balaban J connectivity index is 2.01. The van der Waals surface area contributed by atoms with Crippen LogP contribution in [0.2, 0.25) is 5.02 Å². The largest absolute Gasteiger partial charge is 0.480 e. The lowest BCUT2D eigenvalue weighted by Gasteiger charge is -2.23. The van der Waals surface area contributed by atoms with E-state index in [9.17, 15) is 9.59 Å². The number of thioether (sulfide) groups is 2. The van der Waals surface area contributed by atoms with Gasteiger partial charge in [-0.15, -0.1) is 23.5 Å². The Labute approximate surface area is 130 Å². The molecule has 0 spiro atoms. The number of aliphatic carboxylic acids is 1. The summed E-state index contributed by atoms with van der Waals surface area (Å²) in [5.74, 6) is -0.171. The summed E-state index contributed by atoms with van der Waals surface area (Å²) in [6.07, 6.45) is 0. The SMILES string of the molecule is CC(Sc1ccc(Cl)cc1)C(=O)N1CSCC1C(=O)O. The van der Waals surface area contributed by atoms with Crippen LogP contribution in [0.25, 0.3) is 0 Å². The second-order valence-corrected chi connectivity index (χ2v) is 7.23. The van der Waals surface area contributed by atoms with Crippen molar-refractivity contribution in [2.75, 3.05) is 11.6 Å². The highest BCUT2D eigenvalue weighted by molar-refractivity contribution is 8.00. The summed E-state index contributed by atoms with van der Waals surface area (Å²) < 4.78 is 0. The van der Waals surface area contributed by atoms with Gasteiger partial charge in [-0.1, -0.05) is 11.6 Å². The first-order valence-electron chi connectivity index (χ1n) is 6.02. The Hall–Kier alpha value is -0.850. The molecule has 1 aliphatic rings. The van der Waals surface area contributed by atoms with Crippen LogP contribution in [-0.2, 0) is 9.59 Å². The third-order valence-corrected chi connectivity index (χ3v) is 5.29. The molecular formula is C13H14ClNO3S2. The lowest BCUT2D eigenvalue weighted by molar-refractivity contribution is -0.147. The van der Waals surface area contributed by atoms with E-state index in [1.165, 1.54) is 28.4 Å². The van der Waals surface area contributed by atoms with Crippen molar-refractivity contribution in [3.05, 3.63) is 29.3 Å². The standard InChI is InChI=1S/C13H14ClNO3S2/c1-8(20-10-4-2-9(14)3-5-10)12(16)15-7-19-6-11(15)13(17)18/h2-5,8,11H,6-7H2,1H3,(H,17,18). The van der Waals surface area contributed by atoms with Gasteiger partial charge in [-0.2, -0.15) is 0 Å². The van der Waals surface area contributed by atoms with Crippen LogP contribution in [0.3, 0.4) is 0 Å². The molecule has 2 atom stereocenters. The molecule has 108 valence electrons. The number of carbonyl (C=O) groups excluding carboxylic acids is 1. The number of hydrogen-bond acceptors (Lipinski definition) is 4. The van der Waals surface area contributed by atoms with Gasteiger partial charge in [0.05, 0.1) is 11.1 Å². The van der Waals surface area contributed by atoms with Crippen LogP contribution in [0.1, 0.15) is 6.92 Å². The summed E-state index contributed by atoms with van der Waals surface area (Å²) in [6, 6.07) is 6.54. The van der Waals surface area contributed by atoms with Gasteiger partial charge in [0.1, 0.15) is 6.04 Å². The van der Waals surface area contributed by atoms with E-state index in [-0.39, 0.29) is 11.2 Å². The number of carboxylic acids is 1. The molecular weight excluding hydrogens is 318 g/mol. The quantitative estimate of drug-likeness (QED) is 0.860. The molecule has 0 aromatic heterocycles. The first-order valence-corrected chi connectivity index (χ1v) is 8.43. The Morgan fingerprint density at radius 1 is 1.45 bits per heavy atom. The van der Waals surface area contributed by atoms with Crippen LogP contribution in [0.4, 0.5) is 0 Å². The maximum Gasteiger partial charge on any atom is 0.327 e. The van der Waals surface area contributed by atoms with Gasteiger partial charge < -0.3 is 10.0 Å². The third kappa shape index (κ3) is 3.62. The molecule has 1 heterocycles. The zero-order valence-corrected chi connectivity index (χ0v) is 13.2. The summed E-state index contributed by atoms with van der Waals surface area (Å²) in [6.45, 7) is 1.80. The topological polar surface area (TPSA) is 57.6 Å². The van der Waals surface area contributed by atoms with Crippen molar-refractivity contribution in [1.29, 1.82) is 0 Å². The van der Waals surface area contributed by atoms with Gasteiger partial charge in [0.25, 0.3) is 0 Å². The summed E-state index contributed by atoms with van der Waals surface area (Å²) in [7, 11) is 0. The lowest BCUT2D eigenvalue weighted by Crippen LogP contribution is -2.44. The maximum absolute atomic E-state index is 12.3. The molecule has 1 amide bonds. The predicted molar refractivity (Wildman–Crippen MR) is 82.4 cm³/mol. The van der Waals surface area contributed by atoms with Crippen LogP contribution >= 0.6 is 35.1 Å². The molecule has 2 rings (SSSR count). The fourth-order valence-electron chi connectivity index (χ4n) is 1.87. The molecule has 0 aliphatic carbocycles. The number of nitrogens with zero attached hydrogens (tertiary/aromatic N) is 1. The molecule has 1 aliphatic heterocycles. The van der Waals surface area contributed by atoms with Crippen molar-refractivity contribution in [2.24, 2.45) is 0 Å². The maximum atomic E-state index is 12.3. The normalized spacial score (nSPS) is 19.9. The second kappa shape index (κ2) is 6.74. The molecule has 1 aromatic rings. The molecule has 7 heteroatoms. The average Bonchev–Trinajstić information content (AvgIpc) is 2.90. The van der Waals surface area contributed by atoms with Crippen LogP contribution in [0.15, 0.2) is 29.2 Å². The molecule has 0 radical (unpaired) electrons. The number of hydrogen-bond donors (Lipinski definition) is 1. The van der Waals surface area contributed by atoms with Crippen LogP contribution in [-0.4, -0.2) is 44.8 Å². The fraction of sp³-hybridized carbons (Fsp3) is 0.385. The van der Waals surface area contributed by atoms with Gasteiger partial charge in [-0.25, -0.2) is 4.79 Å². The molecule has 1 fully saturated rings. The van der Waals surface area contributed by atoms with Crippen LogP contribution < -0.4 is 0 Å². The van der Waals surface area contributed by atoms with Gasteiger partial charge in [0.2, 0.25) is 5.91 Å². The van der Waals surface area contributed by atoms with E-state index >= 15 is 0 Å². The number of carbonyl (C=O) groups is 2. The van der Waals surface area contributed by atoms with Gasteiger partial charge in [0.15, 0.2) is 0 Å². The second-order valence-electron chi connectivity index (χ2n) is 4.38. The Bertz CT molecular complexity index is 509. The number of rotatable bonds is 4. The van der Waals surface area contributed by atoms with Crippen molar-refractivity contribution >= 4 is 47.0 Å². The predicted octanol–water partition coefficient (Wildman–Crippen LogP) is 2.81. The molecule has 20 heavy (non-hydrogen) atoms. The van der Waals surface area contributed by atoms with Gasteiger partial charge in [-0.05, 0) is 31.2 Å². The van der Waals surface area contributed by atoms with E-state index in [1.807, 2.05) is 12.1 Å². The van der Waals surface area contributed by atoms with Gasteiger partial charge in [-0.3, -0.25) is 4.79 Å². The smallest absolute Gasteiger partial charge is 0.327 e. The van der Waals surface area contributed by atoms with E-state index in [4.69, 9.17) is 16.7 Å². The molecule has 0 saturated carbocycles. The van der Waals surface area contributed by atoms with E-state index in [1.54, 1.807) is 19.1 Å². The summed E-state index contributed by atoms with van der Waals surface area (Å²) in [5, 5.41) is 9.43. The Morgan fingerprint density at radius 2 is 2.10 bits per heavy atom. The summed E-state index contributed by atoms with van der Waals surface area (Å²) in [4.78, 5) is 25.8. The zero-order valence-electron chi connectivity index (χ0n) is 10.8. The number of amides is 1. The van der Waals surface area contributed by atoms with Crippen LogP contribution in [0, 0.1) is 0 Å². The van der Waals surface area contributed by atoms with Crippen molar-refractivity contribution in [3.8, 4) is 0 Å². The highest BCUT2D eigenvalue weighted by atomic mass is 35.5. The molecule has 1 saturated heterocycles. The minimum Gasteiger partial charge on any atom is -0.480 e. The number of carboxylic acid groups (broad SMARTS) is 1. The Kier molecular flexibility index (Phi) is 5.23. The fourth-order valence-corrected chi connectivity index (χ4v) is 4.08. The van der Waals surface area contributed by atoms with E-state index in [0.717, 1.165) is 4.90 Å². The van der Waals surface area contributed by atoms with Gasteiger partial charge in [0, 0.05) is 15.7 Å². The summed E-state index contributed by atoms with van der Waals surface area (Å²) >= 11 is 8.69. The van der Waals surface area contributed by atoms with E-state index < -0.39 is 12.0 Å². The van der Waals surface area contributed by atoms with Crippen molar-refractivity contribution in [3.63, 3.8) is 0 Å². The Morgan fingerprint density at radius 3 is 2.70 bits per heavy atom. The van der Waals surface area contributed by atoms with Crippen molar-refractivity contribution in [1.82, 2.24) is 4.90 Å². The highest BCUT2D eigenvalue weighted by Gasteiger charge is 2.36. The number of halogens is 1. The third-order valence-electron chi connectivity index (χ3n) is 2.92. The molecule has 1 aromatic carbocycles. The first-order chi connectivity index (χ1) is 9.49. The van der Waals surface area contributed by atoms with E-state index in [0.29, 0.717) is 16.7 Å². The van der Waals surface area contributed by atoms with E-state index in [2.05, 4.69) is 0 Å². The molecule has 4 nitrogen and oxygen atoms in total. The van der Waals surface area contributed by atoms with Crippen LogP contribution in [0.5, 0.6) is 0 Å². The monoisotopic (exact) mass is 331 g/mol. The first kappa shape index (κ1) is 15.5. The average molecular weight is 332 g/mol.